The van der Waals surface area contributed by atoms with Crippen molar-refractivity contribution in [1.82, 2.24) is 0 Å². The lowest BCUT2D eigenvalue weighted by Crippen LogP contribution is -2.05. The van der Waals surface area contributed by atoms with E-state index in [9.17, 15) is 0 Å². The summed E-state index contributed by atoms with van der Waals surface area (Å²) in [5.41, 5.74) is 2.48. The third kappa shape index (κ3) is 3.84. The molecule has 0 heterocycles. The lowest BCUT2D eigenvalue weighted by atomic mass is 10.1. The quantitative estimate of drug-likeness (QED) is 0.585. The van der Waals surface area contributed by atoms with Crippen molar-refractivity contribution >= 4 is 15.9 Å². The van der Waals surface area contributed by atoms with Crippen LogP contribution < -0.4 is 4.74 Å². The molecule has 2 nitrogen and oxygen atoms in total. The molecule has 0 saturated carbocycles. The van der Waals surface area contributed by atoms with Gasteiger partial charge in [0.25, 0.3) is 0 Å². The van der Waals surface area contributed by atoms with E-state index in [0.717, 1.165) is 17.5 Å². The van der Waals surface area contributed by atoms with E-state index in [1.54, 1.807) is 7.11 Å². The fraction of sp³-hybridized carbons (Fsp3) is 0.500. The van der Waals surface area contributed by atoms with Crippen LogP contribution in [-0.4, -0.2) is 20.3 Å². The molecule has 0 spiro atoms. The molecule has 0 saturated heterocycles. The second-order valence-corrected chi connectivity index (χ2v) is 3.83. The van der Waals surface area contributed by atoms with Crippen LogP contribution in [0, 0.1) is 0 Å². The molecule has 1 aromatic carbocycles. The van der Waals surface area contributed by atoms with E-state index < -0.39 is 0 Å². The summed E-state index contributed by atoms with van der Waals surface area (Å²) < 4.78 is 10.6. The van der Waals surface area contributed by atoms with Gasteiger partial charge in [-0.05, 0) is 18.1 Å². The summed E-state index contributed by atoms with van der Waals surface area (Å²) >= 11 is 3.45. The van der Waals surface area contributed by atoms with Gasteiger partial charge in [0.15, 0.2) is 0 Å². The molecule has 1 aromatic rings. The number of hydrogen-bond acceptors (Lipinski definition) is 2. The number of alkyl halides is 1. The zero-order valence-electron chi connectivity index (χ0n) is 9.25. The number of hydrogen-bond donors (Lipinski definition) is 0. The SMILES string of the molecule is CCc1ccc(CBr)c(OCCOC)c1. The van der Waals surface area contributed by atoms with Crippen LogP contribution in [0.5, 0.6) is 5.75 Å². The van der Waals surface area contributed by atoms with Crippen LogP contribution >= 0.6 is 15.9 Å². The first kappa shape index (κ1) is 12.5. The van der Waals surface area contributed by atoms with Crippen LogP contribution in [-0.2, 0) is 16.5 Å². The normalized spacial score (nSPS) is 10.3. The van der Waals surface area contributed by atoms with E-state index >= 15 is 0 Å². The highest BCUT2D eigenvalue weighted by Crippen LogP contribution is 2.23. The molecule has 0 aliphatic heterocycles. The van der Waals surface area contributed by atoms with Gasteiger partial charge in [0.1, 0.15) is 12.4 Å². The fourth-order valence-electron chi connectivity index (χ4n) is 1.30. The van der Waals surface area contributed by atoms with Crippen LogP contribution in [0.2, 0.25) is 0 Å². The van der Waals surface area contributed by atoms with Crippen molar-refractivity contribution in [2.24, 2.45) is 0 Å². The van der Waals surface area contributed by atoms with Gasteiger partial charge in [0.05, 0.1) is 6.61 Å². The standard InChI is InChI=1S/C12H17BrO2/c1-3-10-4-5-11(9-13)12(8-10)15-7-6-14-2/h4-5,8H,3,6-7,9H2,1-2H3. The molecular weight excluding hydrogens is 256 g/mol. The van der Waals surface area contributed by atoms with E-state index in [1.807, 2.05) is 0 Å². The second-order valence-electron chi connectivity index (χ2n) is 3.27. The number of benzene rings is 1. The highest BCUT2D eigenvalue weighted by atomic mass is 79.9. The first-order valence-corrected chi connectivity index (χ1v) is 6.23. The molecule has 15 heavy (non-hydrogen) atoms. The smallest absolute Gasteiger partial charge is 0.123 e. The third-order valence-electron chi connectivity index (χ3n) is 2.23. The molecule has 0 fully saturated rings. The minimum Gasteiger partial charge on any atom is -0.491 e. The topological polar surface area (TPSA) is 18.5 Å². The molecule has 3 heteroatoms. The van der Waals surface area contributed by atoms with Crippen molar-refractivity contribution < 1.29 is 9.47 Å². The Morgan fingerprint density at radius 1 is 1.27 bits per heavy atom. The Morgan fingerprint density at radius 3 is 2.67 bits per heavy atom. The zero-order valence-corrected chi connectivity index (χ0v) is 10.8. The highest BCUT2D eigenvalue weighted by Gasteiger charge is 2.03. The van der Waals surface area contributed by atoms with Crippen molar-refractivity contribution in [3.05, 3.63) is 29.3 Å². The van der Waals surface area contributed by atoms with Gasteiger partial charge in [0, 0.05) is 18.0 Å². The van der Waals surface area contributed by atoms with Gasteiger partial charge in [-0.1, -0.05) is 35.0 Å². The molecule has 0 amide bonds. The molecule has 0 radical (unpaired) electrons. The van der Waals surface area contributed by atoms with Crippen LogP contribution in [0.25, 0.3) is 0 Å². The predicted molar refractivity (Wildman–Crippen MR) is 65.8 cm³/mol. The van der Waals surface area contributed by atoms with E-state index in [4.69, 9.17) is 9.47 Å². The first-order valence-electron chi connectivity index (χ1n) is 5.11. The van der Waals surface area contributed by atoms with E-state index in [1.165, 1.54) is 11.1 Å². The fourth-order valence-corrected chi connectivity index (χ4v) is 1.76. The second kappa shape index (κ2) is 6.85. The van der Waals surface area contributed by atoms with Crippen molar-refractivity contribution in [3.8, 4) is 5.75 Å². The lowest BCUT2D eigenvalue weighted by Gasteiger charge is -2.11. The number of halogens is 1. The number of ether oxygens (including phenoxy) is 2. The Kier molecular flexibility index (Phi) is 5.73. The molecule has 0 bridgehead atoms. The first-order chi connectivity index (χ1) is 7.31. The van der Waals surface area contributed by atoms with Crippen LogP contribution in [0.1, 0.15) is 18.1 Å². The summed E-state index contributed by atoms with van der Waals surface area (Å²) in [5, 5.41) is 0.819. The predicted octanol–water partition coefficient (Wildman–Crippen LogP) is 3.17. The summed E-state index contributed by atoms with van der Waals surface area (Å²) in [7, 11) is 1.68. The van der Waals surface area contributed by atoms with E-state index in [-0.39, 0.29) is 0 Å². The molecule has 84 valence electrons. The highest BCUT2D eigenvalue weighted by molar-refractivity contribution is 9.08. The van der Waals surface area contributed by atoms with Crippen LogP contribution in [0.4, 0.5) is 0 Å². The number of rotatable bonds is 6. The Morgan fingerprint density at radius 2 is 2.07 bits per heavy atom. The Balaban J connectivity index is 2.72. The largest absolute Gasteiger partial charge is 0.491 e. The maximum atomic E-state index is 5.66. The summed E-state index contributed by atoms with van der Waals surface area (Å²) in [6.07, 6.45) is 1.03. The molecular formula is C12H17BrO2. The summed E-state index contributed by atoms with van der Waals surface area (Å²) in [4.78, 5) is 0. The Bertz CT molecular complexity index is 300. The zero-order chi connectivity index (χ0) is 11.1. The van der Waals surface area contributed by atoms with Gasteiger partial charge < -0.3 is 9.47 Å². The maximum absolute atomic E-state index is 5.66. The van der Waals surface area contributed by atoms with Crippen molar-refractivity contribution in [2.75, 3.05) is 20.3 Å². The minimum absolute atomic E-state index is 0.601. The van der Waals surface area contributed by atoms with Gasteiger partial charge in [-0.25, -0.2) is 0 Å². The van der Waals surface area contributed by atoms with Gasteiger partial charge in [0.2, 0.25) is 0 Å². The minimum atomic E-state index is 0.601. The molecule has 0 unspecified atom stereocenters. The number of aryl methyl sites for hydroxylation is 1. The molecule has 0 aliphatic carbocycles. The molecule has 0 aliphatic rings. The van der Waals surface area contributed by atoms with E-state index in [0.29, 0.717) is 13.2 Å². The molecule has 0 N–H and O–H groups in total. The number of methoxy groups -OCH3 is 1. The summed E-state index contributed by atoms with van der Waals surface area (Å²) in [5.74, 6) is 0.961. The molecule has 1 rings (SSSR count). The summed E-state index contributed by atoms with van der Waals surface area (Å²) in [6.45, 7) is 3.36. The maximum Gasteiger partial charge on any atom is 0.123 e. The average Bonchev–Trinajstić information content (AvgIpc) is 2.29. The monoisotopic (exact) mass is 272 g/mol. The third-order valence-corrected chi connectivity index (χ3v) is 2.83. The van der Waals surface area contributed by atoms with Gasteiger partial charge in [-0.2, -0.15) is 0 Å². The van der Waals surface area contributed by atoms with E-state index in [2.05, 4.69) is 41.1 Å². The van der Waals surface area contributed by atoms with Crippen molar-refractivity contribution in [1.29, 1.82) is 0 Å². The van der Waals surface area contributed by atoms with Crippen LogP contribution in [0.15, 0.2) is 18.2 Å². The van der Waals surface area contributed by atoms with Gasteiger partial charge >= 0.3 is 0 Å². The Labute approximate surface area is 99.7 Å². The van der Waals surface area contributed by atoms with Gasteiger partial charge in [-0.3, -0.25) is 0 Å². The van der Waals surface area contributed by atoms with Crippen molar-refractivity contribution in [3.63, 3.8) is 0 Å². The van der Waals surface area contributed by atoms with Crippen molar-refractivity contribution in [2.45, 2.75) is 18.7 Å². The van der Waals surface area contributed by atoms with Gasteiger partial charge in [-0.15, -0.1) is 0 Å². The molecule has 0 atom stereocenters. The average molecular weight is 273 g/mol. The molecule has 0 aromatic heterocycles. The summed E-state index contributed by atoms with van der Waals surface area (Å²) in [6, 6.07) is 6.35. The van der Waals surface area contributed by atoms with Crippen LogP contribution in [0.3, 0.4) is 0 Å². The lowest BCUT2D eigenvalue weighted by molar-refractivity contribution is 0.146. The Hall–Kier alpha value is -0.540.